The molecular weight excluding hydrogens is 204 g/mol. The maximum absolute atomic E-state index is 11.1. The van der Waals surface area contributed by atoms with E-state index in [1.807, 2.05) is 25.6 Å². The molecule has 0 atom stereocenters. The van der Waals surface area contributed by atoms with Gasteiger partial charge in [-0.1, -0.05) is 0 Å². The zero-order chi connectivity index (χ0) is 12.1. The summed E-state index contributed by atoms with van der Waals surface area (Å²) in [6, 6.07) is 0. The molecule has 0 spiro atoms. The van der Waals surface area contributed by atoms with Crippen LogP contribution >= 0.6 is 0 Å². The minimum atomic E-state index is 0.0442. The molecule has 1 aromatic rings. The van der Waals surface area contributed by atoms with Crippen molar-refractivity contribution in [1.82, 2.24) is 20.4 Å². The first-order valence-corrected chi connectivity index (χ1v) is 5.48. The highest BCUT2D eigenvalue weighted by Crippen LogP contribution is 2.12. The summed E-state index contributed by atoms with van der Waals surface area (Å²) in [6.45, 7) is 5.49. The fraction of sp³-hybridized carbons (Fsp3) is 0.636. The van der Waals surface area contributed by atoms with E-state index in [-0.39, 0.29) is 5.91 Å². The largest absolute Gasteiger partial charge is 0.359 e. The number of hydrogen-bond acceptors (Lipinski definition) is 3. The van der Waals surface area contributed by atoms with Crippen LogP contribution in [-0.4, -0.2) is 29.8 Å². The van der Waals surface area contributed by atoms with Crippen molar-refractivity contribution in [2.45, 2.75) is 33.4 Å². The Morgan fingerprint density at radius 2 is 2.06 bits per heavy atom. The molecule has 1 aromatic heterocycles. The molecule has 0 bridgehead atoms. The molecular formula is C11H20N4O. The molecule has 0 fully saturated rings. The van der Waals surface area contributed by atoms with Crippen LogP contribution in [-0.2, 0) is 17.9 Å². The molecule has 1 amide bonds. The van der Waals surface area contributed by atoms with Crippen molar-refractivity contribution in [1.29, 1.82) is 0 Å². The van der Waals surface area contributed by atoms with E-state index >= 15 is 0 Å². The Balaban J connectivity index is 2.74. The van der Waals surface area contributed by atoms with Gasteiger partial charge in [0.25, 0.3) is 0 Å². The summed E-state index contributed by atoms with van der Waals surface area (Å²) in [7, 11) is 3.57. The second-order valence-corrected chi connectivity index (χ2v) is 3.83. The van der Waals surface area contributed by atoms with Crippen LogP contribution in [0.5, 0.6) is 0 Å². The number of rotatable bonds is 5. The Hall–Kier alpha value is -1.36. The van der Waals surface area contributed by atoms with Gasteiger partial charge in [0.1, 0.15) is 0 Å². The average Bonchev–Trinajstić information content (AvgIpc) is 2.54. The van der Waals surface area contributed by atoms with E-state index < -0.39 is 0 Å². The van der Waals surface area contributed by atoms with Crippen molar-refractivity contribution < 1.29 is 4.79 Å². The van der Waals surface area contributed by atoms with E-state index in [1.165, 1.54) is 5.56 Å². The quantitative estimate of drug-likeness (QED) is 0.759. The van der Waals surface area contributed by atoms with Gasteiger partial charge < -0.3 is 10.6 Å². The summed E-state index contributed by atoms with van der Waals surface area (Å²) >= 11 is 0. The van der Waals surface area contributed by atoms with Crippen molar-refractivity contribution in [2.24, 2.45) is 0 Å². The molecule has 1 rings (SSSR count). The van der Waals surface area contributed by atoms with Crippen molar-refractivity contribution in [3.63, 3.8) is 0 Å². The zero-order valence-corrected chi connectivity index (χ0v) is 10.4. The van der Waals surface area contributed by atoms with Gasteiger partial charge in [-0.15, -0.1) is 0 Å². The lowest BCUT2D eigenvalue weighted by Gasteiger charge is -2.04. The van der Waals surface area contributed by atoms with Crippen molar-refractivity contribution in [3.8, 4) is 0 Å². The molecule has 16 heavy (non-hydrogen) atoms. The van der Waals surface area contributed by atoms with E-state index in [2.05, 4.69) is 15.7 Å². The number of amides is 1. The molecule has 0 aliphatic rings. The van der Waals surface area contributed by atoms with E-state index in [4.69, 9.17) is 0 Å². The van der Waals surface area contributed by atoms with Crippen LogP contribution < -0.4 is 10.6 Å². The predicted octanol–water partition coefficient (Wildman–Crippen LogP) is 0.355. The Bertz CT molecular complexity index is 370. The van der Waals surface area contributed by atoms with Gasteiger partial charge in [-0.3, -0.25) is 9.48 Å². The Labute approximate surface area is 96.2 Å². The summed E-state index contributed by atoms with van der Waals surface area (Å²) in [4.78, 5) is 11.1. The second-order valence-electron chi connectivity index (χ2n) is 3.83. The molecule has 0 saturated heterocycles. The van der Waals surface area contributed by atoms with E-state index in [9.17, 15) is 4.79 Å². The summed E-state index contributed by atoms with van der Waals surface area (Å²) in [5.41, 5.74) is 3.39. The number of carbonyl (C=O) groups excluding carboxylic acids is 1. The first-order chi connectivity index (χ1) is 7.60. The minimum Gasteiger partial charge on any atom is -0.359 e. The predicted molar refractivity (Wildman–Crippen MR) is 63.1 cm³/mol. The Kier molecular flexibility index (Phi) is 4.49. The maximum Gasteiger partial charge on any atom is 0.221 e. The first-order valence-electron chi connectivity index (χ1n) is 5.48. The molecule has 1 heterocycles. The van der Waals surface area contributed by atoms with Crippen LogP contribution in [0.3, 0.4) is 0 Å². The number of aromatic nitrogens is 2. The third-order valence-electron chi connectivity index (χ3n) is 2.71. The Morgan fingerprint density at radius 1 is 1.38 bits per heavy atom. The van der Waals surface area contributed by atoms with Gasteiger partial charge in [0.05, 0.1) is 5.69 Å². The van der Waals surface area contributed by atoms with Crippen LogP contribution in [0.2, 0.25) is 0 Å². The topological polar surface area (TPSA) is 59.0 Å². The number of nitrogens with one attached hydrogen (secondary N) is 2. The fourth-order valence-corrected chi connectivity index (χ4v) is 1.72. The maximum atomic E-state index is 11.1. The number of nitrogens with zero attached hydrogens (tertiary/aromatic N) is 2. The molecule has 0 aliphatic heterocycles. The van der Waals surface area contributed by atoms with Gasteiger partial charge >= 0.3 is 0 Å². The molecule has 0 radical (unpaired) electrons. The van der Waals surface area contributed by atoms with Crippen LogP contribution in [0.25, 0.3) is 0 Å². The van der Waals surface area contributed by atoms with E-state index in [0.717, 1.165) is 17.9 Å². The standard InChI is InChI=1S/C11H20N4O/c1-8-10(7-12-3)9(2)15(14-8)6-5-11(16)13-4/h12H,5-7H2,1-4H3,(H,13,16). The van der Waals surface area contributed by atoms with Gasteiger partial charge in [0, 0.05) is 37.8 Å². The molecule has 0 aliphatic carbocycles. The molecule has 5 heteroatoms. The fourth-order valence-electron chi connectivity index (χ4n) is 1.72. The molecule has 90 valence electrons. The van der Waals surface area contributed by atoms with Gasteiger partial charge in [-0.2, -0.15) is 5.10 Å². The Morgan fingerprint density at radius 3 is 2.62 bits per heavy atom. The van der Waals surface area contributed by atoms with Gasteiger partial charge in [0.15, 0.2) is 0 Å². The molecule has 5 nitrogen and oxygen atoms in total. The van der Waals surface area contributed by atoms with Crippen molar-refractivity contribution in [3.05, 3.63) is 17.0 Å². The molecule has 0 unspecified atom stereocenters. The molecule has 0 saturated carbocycles. The highest BCUT2D eigenvalue weighted by Gasteiger charge is 2.11. The monoisotopic (exact) mass is 224 g/mol. The zero-order valence-electron chi connectivity index (χ0n) is 10.4. The lowest BCUT2D eigenvalue weighted by molar-refractivity contribution is -0.120. The van der Waals surface area contributed by atoms with Gasteiger partial charge in [-0.25, -0.2) is 0 Å². The number of hydrogen-bond donors (Lipinski definition) is 2. The third-order valence-corrected chi connectivity index (χ3v) is 2.71. The number of carbonyl (C=O) groups is 1. The highest BCUT2D eigenvalue weighted by molar-refractivity contribution is 5.75. The van der Waals surface area contributed by atoms with Crippen LogP contribution in [0.4, 0.5) is 0 Å². The van der Waals surface area contributed by atoms with Crippen molar-refractivity contribution >= 4 is 5.91 Å². The van der Waals surface area contributed by atoms with Crippen molar-refractivity contribution in [2.75, 3.05) is 14.1 Å². The minimum absolute atomic E-state index is 0.0442. The summed E-state index contributed by atoms with van der Waals surface area (Å²) in [5, 5.41) is 10.2. The first kappa shape index (κ1) is 12.7. The summed E-state index contributed by atoms with van der Waals surface area (Å²) in [5.74, 6) is 0.0442. The van der Waals surface area contributed by atoms with Crippen LogP contribution in [0, 0.1) is 13.8 Å². The average molecular weight is 224 g/mol. The lowest BCUT2D eigenvalue weighted by atomic mass is 10.2. The summed E-state index contributed by atoms with van der Waals surface area (Å²) in [6.07, 6.45) is 0.470. The lowest BCUT2D eigenvalue weighted by Crippen LogP contribution is -2.20. The van der Waals surface area contributed by atoms with E-state index in [0.29, 0.717) is 13.0 Å². The second kappa shape index (κ2) is 5.65. The normalized spacial score (nSPS) is 10.5. The van der Waals surface area contributed by atoms with Gasteiger partial charge in [-0.05, 0) is 20.9 Å². The smallest absolute Gasteiger partial charge is 0.221 e. The molecule has 2 N–H and O–H groups in total. The van der Waals surface area contributed by atoms with E-state index in [1.54, 1.807) is 7.05 Å². The van der Waals surface area contributed by atoms with Crippen LogP contribution in [0.15, 0.2) is 0 Å². The number of aryl methyl sites for hydroxylation is 2. The molecule has 0 aromatic carbocycles. The van der Waals surface area contributed by atoms with Crippen LogP contribution in [0.1, 0.15) is 23.4 Å². The highest BCUT2D eigenvalue weighted by atomic mass is 16.1. The SMILES string of the molecule is CNCc1c(C)nn(CCC(=O)NC)c1C. The summed E-state index contributed by atoms with van der Waals surface area (Å²) < 4.78 is 1.90. The van der Waals surface area contributed by atoms with Gasteiger partial charge in [0.2, 0.25) is 5.91 Å². The third kappa shape index (κ3) is 2.82.